The second-order valence-electron chi connectivity index (χ2n) is 5.13. The molecule has 27 heavy (non-hydrogen) atoms. The number of thiazole rings is 1. The number of rotatable bonds is 8. The van der Waals surface area contributed by atoms with Crippen LogP contribution in [-0.2, 0) is 16.0 Å². The zero-order chi connectivity index (χ0) is 19.8. The molecule has 1 aromatic heterocycles. The van der Waals surface area contributed by atoms with Crippen LogP contribution < -0.4 is 24.8 Å². The summed E-state index contributed by atoms with van der Waals surface area (Å²) in [6.07, 6.45) is -0.544. The number of nitrogens with zero attached hydrogens (tertiary/aromatic N) is 1. The van der Waals surface area contributed by atoms with Gasteiger partial charge in [-0.05, 0) is 6.92 Å². The molecular weight excluding hydrogens is 374 g/mol. The molecule has 0 unspecified atom stereocenters. The number of anilines is 2. The molecule has 2 amide bonds. The van der Waals surface area contributed by atoms with Gasteiger partial charge in [-0.15, -0.1) is 11.3 Å². The maximum Gasteiger partial charge on any atom is 0.413 e. The SMILES string of the molecule is CCOC(=O)Nc1nc(CC(=O)Nc2cc(OC)c(OC)c(OC)c2)cs1. The molecule has 0 fully saturated rings. The quantitative estimate of drug-likeness (QED) is 0.707. The van der Waals surface area contributed by atoms with Gasteiger partial charge in [-0.2, -0.15) is 0 Å². The molecule has 0 radical (unpaired) electrons. The van der Waals surface area contributed by atoms with E-state index < -0.39 is 6.09 Å². The lowest BCUT2D eigenvalue weighted by Crippen LogP contribution is -2.15. The molecule has 2 aromatic rings. The monoisotopic (exact) mass is 395 g/mol. The van der Waals surface area contributed by atoms with E-state index in [4.69, 9.17) is 18.9 Å². The highest BCUT2D eigenvalue weighted by Crippen LogP contribution is 2.39. The number of amides is 2. The summed E-state index contributed by atoms with van der Waals surface area (Å²) in [5.74, 6) is 1.02. The van der Waals surface area contributed by atoms with Crippen molar-refractivity contribution in [3.05, 3.63) is 23.2 Å². The van der Waals surface area contributed by atoms with Crippen molar-refractivity contribution in [1.82, 2.24) is 4.98 Å². The van der Waals surface area contributed by atoms with Gasteiger partial charge in [-0.3, -0.25) is 10.1 Å². The van der Waals surface area contributed by atoms with Gasteiger partial charge in [0.2, 0.25) is 11.7 Å². The van der Waals surface area contributed by atoms with Crippen LogP contribution in [0.1, 0.15) is 12.6 Å². The lowest BCUT2D eigenvalue weighted by molar-refractivity contribution is -0.115. The maximum absolute atomic E-state index is 12.3. The minimum Gasteiger partial charge on any atom is -0.493 e. The van der Waals surface area contributed by atoms with Crippen LogP contribution in [0, 0.1) is 0 Å². The van der Waals surface area contributed by atoms with Crippen molar-refractivity contribution in [1.29, 1.82) is 0 Å². The summed E-state index contributed by atoms with van der Waals surface area (Å²) in [6, 6.07) is 3.27. The van der Waals surface area contributed by atoms with Gasteiger partial charge in [-0.25, -0.2) is 9.78 Å². The molecule has 146 valence electrons. The zero-order valence-electron chi connectivity index (χ0n) is 15.5. The van der Waals surface area contributed by atoms with Crippen LogP contribution in [0.2, 0.25) is 0 Å². The third-order valence-corrected chi connectivity index (χ3v) is 4.13. The molecule has 0 atom stereocenters. The third kappa shape index (κ3) is 5.48. The van der Waals surface area contributed by atoms with Crippen LogP contribution in [0.5, 0.6) is 17.2 Å². The molecule has 0 saturated carbocycles. The highest BCUT2D eigenvalue weighted by molar-refractivity contribution is 7.13. The van der Waals surface area contributed by atoms with Crippen molar-refractivity contribution in [2.45, 2.75) is 13.3 Å². The fourth-order valence-electron chi connectivity index (χ4n) is 2.22. The number of ether oxygens (including phenoxy) is 4. The van der Waals surface area contributed by atoms with E-state index in [1.807, 2.05) is 0 Å². The molecule has 9 nitrogen and oxygen atoms in total. The van der Waals surface area contributed by atoms with Crippen LogP contribution in [0.25, 0.3) is 0 Å². The molecule has 0 bridgehead atoms. The first-order valence-electron chi connectivity index (χ1n) is 7.98. The Morgan fingerprint density at radius 1 is 1.07 bits per heavy atom. The van der Waals surface area contributed by atoms with E-state index in [-0.39, 0.29) is 18.9 Å². The van der Waals surface area contributed by atoms with Gasteiger partial charge in [0, 0.05) is 23.2 Å². The molecule has 0 aliphatic heterocycles. The first kappa shape index (κ1) is 20.3. The van der Waals surface area contributed by atoms with Crippen molar-refractivity contribution in [2.75, 3.05) is 38.6 Å². The molecule has 2 rings (SSSR count). The first-order chi connectivity index (χ1) is 13.0. The highest BCUT2D eigenvalue weighted by Gasteiger charge is 2.15. The van der Waals surface area contributed by atoms with Crippen LogP contribution in [-0.4, -0.2) is 44.9 Å². The molecule has 1 heterocycles. The van der Waals surface area contributed by atoms with Gasteiger partial charge in [0.15, 0.2) is 16.6 Å². The smallest absolute Gasteiger partial charge is 0.413 e. The van der Waals surface area contributed by atoms with E-state index in [0.29, 0.717) is 33.8 Å². The number of hydrogen-bond acceptors (Lipinski definition) is 8. The zero-order valence-corrected chi connectivity index (χ0v) is 16.3. The second kappa shape index (κ2) is 9.62. The van der Waals surface area contributed by atoms with Gasteiger partial charge >= 0.3 is 6.09 Å². The van der Waals surface area contributed by atoms with Crippen LogP contribution >= 0.6 is 11.3 Å². The molecule has 0 saturated heterocycles. The van der Waals surface area contributed by atoms with E-state index in [9.17, 15) is 9.59 Å². The Kier molecular flexibility index (Phi) is 7.24. The van der Waals surface area contributed by atoms with Crippen molar-refractivity contribution in [3.8, 4) is 17.2 Å². The number of carbonyl (C=O) groups is 2. The minimum atomic E-state index is -0.583. The van der Waals surface area contributed by atoms with Gasteiger partial charge in [0.1, 0.15) is 0 Å². The van der Waals surface area contributed by atoms with E-state index in [2.05, 4.69) is 15.6 Å². The summed E-state index contributed by atoms with van der Waals surface area (Å²) in [5.41, 5.74) is 1.02. The van der Waals surface area contributed by atoms with E-state index in [1.54, 1.807) is 24.4 Å². The second-order valence-corrected chi connectivity index (χ2v) is 5.99. The average molecular weight is 395 g/mol. The van der Waals surface area contributed by atoms with Gasteiger partial charge in [-0.1, -0.05) is 0 Å². The fraction of sp³-hybridized carbons (Fsp3) is 0.353. The fourth-order valence-corrected chi connectivity index (χ4v) is 2.92. The Balaban J connectivity index is 2.03. The molecule has 2 N–H and O–H groups in total. The topological polar surface area (TPSA) is 108 Å². The normalized spacial score (nSPS) is 10.1. The van der Waals surface area contributed by atoms with Crippen LogP contribution in [0.3, 0.4) is 0 Å². The number of carbonyl (C=O) groups excluding carboxylic acids is 2. The predicted molar refractivity (Wildman–Crippen MR) is 101 cm³/mol. The summed E-state index contributed by atoms with van der Waals surface area (Å²) < 4.78 is 20.6. The Hall–Kier alpha value is -3.01. The Morgan fingerprint density at radius 2 is 1.74 bits per heavy atom. The number of benzene rings is 1. The molecule has 0 spiro atoms. The largest absolute Gasteiger partial charge is 0.493 e. The summed E-state index contributed by atoms with van der Waals surface area (Å²) in [7, 11) is 4.50. The minimum absolute atomic E-state index is 0.0394. The first-order valence-corrected chi connectivity index (χ1v) is 8.86. The lowest BCUT2D eigenvalue weighted by atomic mass is 10.2. The Labute approximate surface area is 160 Å². The summed E-state index contributed by atoms with van der Waals surface area (Å²) >= 11 is 1.21. The van der Waals surface area contributed by atoms with E-state index in [0.717, 1.165) is 0 Å². The third-order valence-electron chi connectivity index (χ3n) is 3.33. The number of nitrogens with one attached hydrogen (secondary N) is 2. The highest BCUT2D eigenvalue weighted by atomic mass is 32.1. The van der Waals surface area contributed by atoms with Crippen molar-refractivity contribution < 1.29 is 28.5 Å². The van der Waals surface area contributed by atoms with Crippen molar-refractivity contribution >= 4 is 34.2 Å². The van der Waals surface area contributed by atoms with Crippen molar-refractivity contribution in [2.24, 2.45) is 0 Å². The van der Waals surface area contributed by atoms with Gasteiger partial charge in [0.05, 0.1) is 40.1 Å². The molecule has 0 aliphatic carbocycles. The van der Waals surface area contributed by atoms with Crippen LogP contribution in [0.4, 0.5) is 15.6 Å². The maximum atomic E-state index is 12.3. The molecule has 0 aliphatic rings. The van der Waals surface area contributed by atoms with Gasteiger partial charge in [0.25, 0.3) is 0 Å². The summed E-state index contributed by atoms with van der Waals surface area (Å²) in [5, 5.41) is 7.31. The van der Waals surface area contributed by atoms with E-state index >= 15 is 0 Å². The number of methoxy groups -OCH3 is 3. The number of aromatic nitrogens is 1. The Morgan fingerprint density at radius 3 is 2.30 bits per heavy atom. The average Bonchev–Trinajstić information content (AvgIpc) is 3.07. The summed E-state index contributed by atoms with van der Waals surface area (Å²) in [4.78, 5) is 27.9. The van der Waals surface area contributed by atoms with Crippen LogP contribution in [0.15, 0.2) is 17.5 Å². The van der Waals surface area contributed by atoms with Gasteiger partial charge < -0.3 is 24.3 Å². The van der Waals surface area contributed by atoms with Crippen molar-refractivity contribution in [3.63, 3.8) is 0 Å². The Bertz CT molecular complexity index is 783. The molecule has 10 heteroatoms. The predicted octanol–water partition coefficient (Wildman–Crippen LogP) is 2.92. The molecular formula is C17H21N3O6S. The summed E-state index contributed by atoms with van der Waals surface area (Å²) in [6.45, 7) is 1.97. The standard InChI is InChI=1S/C17H21N3O6S/c1-5-26-17(22)20-16-19-11(9-27-16)8-14(21)18-10-6-12(23-2)15(25-4)13(7-10)24-3/h6-7,9H,5,8H2,1-4H3,(H,18,21)(H,19,20,22). The lowest BCUT2D eigenvalue weighted by Gasteiger charge is -2.14. The van der Waals surface area contributed by atoms with E-state index in [1.165, 1.54) is 32.7 Å². The number of hydrogen-bond donors (Lipinski definition) is 2. The molecule has 1 aromatic carbocycles.